The monoisotopic (exact) mass is 202 g/mol. The van der Waals surface area contributed by atoms with Gasteiger partial charge in [0, 0.05) is 6.20 Å². The average molecular weight is 202 g/mol. The smallest absolute Gasteiger partial charge is 0.232 e. The van der Waals surface area contributed by atoms with E-state index < -0.39 is 0 Å². The van der Waals surface area contributed by atoms with Crippen LogP contribution in [0.2, 0.25) is 0 Å². The number of nitrogen functional groups attached to an aromatic ring is 1. The van der Waals surface area contributed by atoms with E-state index in [1.807, 2.05) is 6.07 Å². The summed E-state index contributed by atoms with van der Waals surface area (Å²) in [6, 6.07) is 5.43. The van der Waals surface area contributed by atoms with Crippen molar-refractivity contribution in [2.24, 2.45) is 0 Å². The standard InChI is InChI=1S/C9H10N6/c1-6-13-8(10)14-9(11)15(6)7-4-2-3-5-12-7/h2-5H,1H3,(H3,10,11,14). The SMILES string of the molecule is Cc1nc(N)nc(=N)n1-c1ccccn1. The van der Waals surface area contributed by atoms with Gasteiger partial charge in [-0.15, -0.1) is 0 Å². The van der Waals surface area contributed by atoms with Gasteiger partial charge in [-0.2, -0.15) is 9.97 Å². The molecule has 0 aromatic carbocycles. The number of aryl methyl sites for hydroxylation is 1. The summed E-state index contributed by atoms with van der Waals surface area (Å²) in [5.41, 5.74) is 5.46. The van der Waals surface area contributed by atoms with Crippen LogP contribution in [0.15, 0.2) is 24.4 Å². The van der Waals surface area contributed by atoms with Crippen LogP contribution in [0.5, 0.6) is 0 Å². The Kier molecular flexibility index (Phi) is 2.17. The third-order valence-corrected chi connectivity index (χ3v) is 1.91. The highest BCUT2D eigenvalue weighted by atomic mass is 15.2. The molecule has 2 rings (SSSR count). The van der Waals surface area contributed by atoms with Crippen LogP contribution >= 0.6 is 0 Å². The Labute approximate surface area is 86.0 Å². The maximum absolute atomic E-state index is 7.68. The topological polar surface area (TPSA) is 93.5 Å². The first-order valence-corrected chi connectivity index (χ1v) is 4.37. The lowest BCUT2D eigenvalue weighted by Crippen LogP contribution is -2.26. The molecule has 0 fully saturated rings. The lowest BCUT2D eigenvalue weighted by atomic mass is 10.4. The van der Waals surface area contributed by atoms with Crippen LogP contribution in [0.1, 0.15) is 5.82 Å². The van der Waals surface area contributed by atoms with E-state index in [-0.39, 0.29) is 11.6 Å². The van der Waals surface area contributed by atoms with Gasteiger partial charge in [0.25, 0.3) is 0 Å². The molecule has 0 aliphatic rings. The number of hydrogen-bond acceptors (Lipinski definition) is 5. The number of rotatable bonds is 1. The lowest BCUT2D eigenvalue weighted by Gasteiger charge is -2.08. The van der Waals surface area contributed by atoms with E-state index >= 15 is 0 Å². The molecule has 0 aliphatic heterocycles. The largest absolute Gasteiger partial charge is 0.368 e. The summed E-state index contributed by atoms with van der Waals surface area (Å²) in [5, 5.41) is 7.68. The van der Waals surface area contributed by atoms with Crippen molar-refractivity contribution in [1.82, 2.24) is 19.5 Å². The second-order valence-electron chi connectivity index (χ2n) is 2.98. The molecule has 2 aromatic heterocycles. The van der Waals surface area contributed by atoms with Gasteiger partial charge in [-0.05, 0) is 19.1 Å². The molecule has 2 heterocycles. The zero-order valence-electron chi connectivity index (χ0n) is 8.18. The molecular formula is C9H10N6. The summed E-state index contributed by atoms with van der Waals surface area (Å²) < 4.78 is 1.52. The molecule has 0 saturated heterocycles. The minimum Gasteiger partial charge on any atom is -0.368 e. The van der Waals surface area contributed by atoms with Gasteiger partial charge in [-0.3, -0.25) is 9.98 Å². The van der Waals surface area contributed by atoms with Crippen molar-refractivity contribution in [3.05, 3.63) is 35.8 Å². The van der Waals surface area contributed by atoms with Crippen LogP contribution < -0.4 is 11.4 Å². The van der Waals surface area contributed by atoms with Crippen molar-refractivity contribution in [1.29, 1.82) is 5.41 Å². The lowest BCUT2D eigenvalue weighted by molar-refractivity contribution is 0.758. The fourth-order valence-electron chi connectivity index (χ4n) is 1.31. The predicted molar refractivity (Wildman–Crippen MR) is 54.2 cm³/mol. The summed E-state index contributed by atoms with van der Waals surface area (Å²) in [7, 11) is 0. The fraction of sp³-hybridized carbons (Fsp3) is 0.111. The molecular weight excluding hydrogens is 192 g/mol. The van der Waals surface area contributed by atoms with Crippen molar-refractivity contribution in [3.63, 3.8) is 0 Å². The molecule has 0 atom stereocenters. The van der Waals surface area contributed by atoms with Gasteiger partial charge in [0.05, 0.1) is 0 Å². The number of aromatic nitrogens is 4. The maximum atomic E-state index is 7.68. The Morgan fingerprint density at radius 2 is 2.13 bits per heavy atom. The first-order valence-electron chi connectivity index (χ1n) is 4.37. The molecule has 2 aromatic rings. The Hall–Kier alpha value is -2.24. The highest BCUT2D eigenvalue weighted by Crippen LogP contribution is 2.01. The third-order valence-electron chi connectivity index (χ3n) is 1.91. The molecule has 15 heavy (non-hydrogen) atoms. The van der Waals surface area contributed by atoms with Gasteiger partial charge in [0.15, 0.2) is 0 Å². The number of anilines is 1. The zero-order valence-corrected chi connectivity index (χ0v) is 8.18. The molecule has 0 radical (unpaired) electrons. The second kappa shape index (κ2) is 3.49. The van der Waals surface area contributed by atoms with Crippen LogP contribution in [-0.4, -0.2) is 19.5 Å². The van der Waals surface area contributed by atoms with Crippen molar-refractivity contribution < 1.29 is 0 Å². The van der Waals surface area contributed by atoms with Crippen LogP contribution in [0.4, 0.5) is 5.95 Å². The molecule has 0 spiro atoms. The molecule has 3 N–H and O–H groups in total. The highest BCUT2D eigenvalue weighted by Gasteiger charge is 2.04. The molecule has 6 nitrogen and oxygen atoms in total. The van der Waals surface area contributed by atoms with Gasteiger partial charge in [0.1, 0.15) is 11.6 Å². The fourth-order valence-corrected chi connectivity index (χ4v) is 1.31. The molecule has 0 saturated carbocycles. The van der Waals surface area contributed by atoms with Crippen molar-refractivity contribution in [3.8, 4) is 5.82 Å². The first kappa shape index (κ1) is 9.32. The Morgan fingerprint density at radius 3 is 2.73 bits per heavy atom. The molecule has 6 heteroatoms. The first-order chi connectivity index (χ1) is 7.18. The van der Waals surface area contributed by atoms with E-state index in [0.29, 0.717) is 11.6 Å². The maximum Gasteiger partial charge on any atom is 0.232 e. The van der Waals surface area contributed by atoms with E-state index in [1.165, 1.54) is 4.57 Å². The van der Waals surface area contributed by atoms with Crippen molar-refractivity contribution in [2.45, 2.75) is 6.92 Å². The van der Waals surface area contributed by atoms with Crippen LogP contribution in [0.25, 0.3) is 5.82 Å². The molecule has 0 amide bonds. The van der Waals surface area contributed by atoms with Crippen molar-refractivity contribution in [2.75, 3.05) is 5.73 Å². The summed E-state index contributed by atoms with van der Waals surface area (Å²) in [6.07, 6.45) is 1.65. The molecule has 0 aliphatic carbocycles. The van der Waals surface area contributed by atoms with Gasteiger partial charge in [-0.25, -0.2) is 4.98 Å². The van der Waals surface area contributed by atoms with E-state index in [4.69, 9.17) is 11.1 Å². The van der Waals surface area contributed by atoms with Crippen LogP contribution in [-0.2, 0) is 0 Å². The summed E-state index contributed by atoms with van der Waals surface area (Å²) >= 11 is 0. The normalized spacial score (nSPS) is 10.2. The highest BCUT2D eigenvalue weighted by molar-refractivity contribution is 5.24. The number of nitrogens with zero attached hydrogens (tertiary/aromatic N) is 4. The number of pyridine rings is 1. The minimum absolute atomic E-state index is 0.0266. The molecule has 0 bridgehead atoms. The van der Waals surface area contributed by atoms with E-state index in [0.717, 1.165) is 0 Å². The van der Waals surface area contributed by atoms with Crippen LogP contribution in [0, 0.1) is 12.3 Å². The number of nitrogens with one attached hydrogen (secondary N) is 1. The summed E-state index contributed by atoms with van der Waals surface area (Å²) in [6.45, 7) is 1.75. The quantitative estimate of drug-likeness (QED) is 0.682. The Bertz CT molecular complexity index is 530. The van der Waals surface area contributed by atoms with Gasteiger partial charge in [-0.1, -0.05) is 6.07 Å². The van der Waals surface area contributed by atoms with Gasteiger partial charge in [0.2, 0.25) is 11.6 Å². The van der Waals surface area contributed by atoms with Crippen molar-refractivity contribution >= 4 is 5.95 Å². The minimum atomic E-state index is 0.0266. The summed E-state index contributed by atoms with van der Waals surface area (Å²) in [5.74, 6) is 1.30. The average Bonchev–Trinajstić information content (AvgIpc) is 2.17. The van der Waals surface area contributed by atoms with Crippen LogP contribution in [0.3, 0.4) is 0 Å². The van der Waals surface area contributed by atoms with E-state index in [1.54, 1.807) is 25.3 Å². The predicted octanol–water partition coefficient (Wildman–Crippen LogP) is 0.0324. The number of hydrogen-bond donors (Lipinski definition) is 2. The molecule has 0 unspecified atom stereocenters. The van der Waals surface area contributed by atoms with Gasteiger partial charge < -0.3 is 5.73 Å². The van der Waals surface area contributed by atoms with Gasteiger partial charge >= 0.3 is 0 Å². The summed E-state index contributed by atoms with van der Waals surface area (Å²) in [4.78, 5) is 11.9. The van der Waals surface area contributed by atoms with E-state index in [2.05, 4.69) is 15.0 Å². The Balaban J connectivity index is 2.69. The van der Waals surface area contributed by atoms with E-state index in [9.17, 15) is 0 Å². The number of nitrogens with two attached hydrogens (primary N) is 1. The third kappa shape index (κ3) is 1.69. The Morgan fingerprint density at radius 1 is 1.33 bits per heavy atom. The second-order valence-corrected chi connectivity index (χ2v) is 2.98. The molecule has 76 valence electrons. The zero-order chi connectivity index (χ0) is 10.8.